The van der Waals surface area contributed by atoms with Crippen LogP contribution in [-0.2, 0) is 13.9 Å². The summed E-state index contributed by atoms with van der Waals surface area (Å²) in [6.45, 7) is 21.2. The molecule has 45 heavy (non-hydrogen) atoms. The number of ether oxygens (including phenoxy) is 2. The lowest BCUT2D eigenvalue weighted by Gasteiger charge is -2.38. The van der Waals surface area contributed by atoms with Gasteiger partial charge in [-0.2, -0.15) is 0 Å². The maximum absolute atomic E-state index is 12.9. The lowest BCUT2D eigenvalue weighted by Crippen LogP contribution is -2.47. The Balaban J connectivity index is 1.63. The highest BCUT2D eigenvalue weighted by Crippen LogP contribution is 2.61. The standard InChI is InChI=1S/C30H50N6O8Si/c1-27(2,3)41-24(37)32-23(33-25(38)42-28(4,5)6)31-16-21(44-45(10,11)29(7,8)9)20-14-18(34-43-20)19-15-30(12-13-30)22-17-35(19)26(39)36(22)40/h14,19,21-22,40H,12-13,15-17H2,1-11H3,(H2,31,32,33,37,38)/t19-,21+,22+/m0/s1. The molecule has 2 bridgehead atoms. The van der Waals surface area contributed by atoms with E-state index in [2.05, 4.69) is 54.6 Å². The molecule has 15 heteroatoms. The van der Waals surface area contributed by atoms with Gasteiger partial charge in [-0.05, 0) is 84.4 Å². The Morgan fingerprint density at radius 3 is 2.13 bits per heavy atom. The lowest BCUT2D eigenvalue weighted by molar-refractivity contribution is -0.0782. The molecule has 3 fully saturated rings. The van der Waals surface area contributed by atoms with Crippen LogP contribution in [0.5, 0.6) is 0 Å². The van der Waals surface area contributed by atoms with Crippen LogP contribution < -0.4 is 10.6 Å². The van der Waals surface area contributed by atoms with Crippen LogP contribution in [-0.4, -0.2) is 83.2 Å². The number of hydroxylamine groups is 2. The second-order valence-electron chi connectivity index (χ2n) is 15.8. The Labute approximate surface area is 266 Å². The van der Waals surface area contributed by atoms with Gasteiger partial charge in [-0.25, -0.2) is 24.4 Å². The number of hydrogen-bond donors (Lipinski definition) is 3. The van der Waals surface area contributed by atoms with E-state index in [9.17, 15) is 19.6 Å². The Kier molecular flexibility index (Phi) is 9.16. The monoisotopic (exact) mass is 650 g/mol. The highest BCUT2D eigenvalue weighted by molar-refractivity contribution is 6.74. The van der Waals surface area contributed by atoms with E-state index >= 15 is 0 Å². The van der Waals surface area contributed by atoms with Crippen LogP contribution in [0.25, 0.3) is 0 Å². The van der Waals surface area contributed by atoms with Crippen molar-refractivity contribution in [2.45, 2.75) is 129 Å². The number of hydrogen-bond acceptors (Lipinski definition) is 10. The third-order valence-electron chi connectivity index (χ3n) is 8.78. The maximum Gasteiger partial charge on any atom is 0.414 e. The Morgan fingerprint density at radius 1 is 1.09 bits per heavy atom. The number of aliphatic imine (C=N–C) groups is 1. The largest absolute Gasteiger partial charge is 0.444 e. The molecule has 3 N–H and O–H groups in total. The number of nitrogens with one attached hydrogen (secondary N) is 2. The van der Waals surface area contributed by atoms with Gasteiger partial charge in [0.25, 0.3) is 0 Å². The first-order valence-corrected chi connectivity index (χ1v) is 18.4. The molecule has 1 aliphatic carbocycles. The Bertz CT molecular complexity index is 1290. The Morgan fingerprint density at radius 2 is 1.64 bits per heavy atom. The third kappa shape index (κ3) is 8.16. The van der Waals surface area contributed by atoms with Crippen molar-refractivity contribution in [3.8, 4) is 0 Å². The average molecular weight is 651 g/mol. The van der Waals surface area contributed by atoms with E-state index in [1.807, 2.05) is 0 Å². The van der Waals surface area contributed by atoms with Gasteiger partial charge < -0.3 is 23.3 Å². The maximum atomic E-state index is 12.9. The first kappa shape index (κ1) is 34.7. The number of urea groups is 1. The summed E-state index contributed by atoms with van der Waals surface area (Å²) in [6.07, 6.45) is 0.222. The second kappa shape index (κ2) is 11.9. The fourth-order valence-corrected chi connectivity index (χ4v) is 6.58. The van der Waals surface area contributed by atoms with Crippen LogP contribution in [0.2, 0.25) is 18.1 Å². The highest BCUT2D eigenvalue weighted by Gasteiger charge is 2.63. The van der Waals surface area contributed by atoms with Gasteiger partial charge in [-0.1, -0.05) is 25.9 Å². The molecule has 0 aromatic carbocycles. The molecule has 252 valence electrons. The highest BCUT2D eigenvalue weighted by atomic mass is 28.4. The van der Waals surface area contributed by atoms with Gasteiger partial charge >= 0.3 is 18.2 Å². The fourth-order valence-electron chi connectivity index (χ4n) is 5.33. The normalized spacial score (nSPS) is 21.8. The van der Waals surface area contributed by atoms with Crippen LogP contribution in [0.3, 0.4) is 0 Å². The number of fused-ring (bicyclic) bond motifs is 3. The van der Waals surface area contributed by atoms with E-state index in [0.717, 1.165) is 17.9 Å². The second-order valence-corrected chi connectivity index (χ2v) is 20.6. The molecule has 1 aromatic heterocycles. The van der Waals surface area contributed by atoms with Crippen molar-refractivity contribution in [3.05, 3.63) is 17.5 Å². The molecular weight excluding hydrogens is 600 g/mol. The predicted octanol–water partition coefficient (Wildman–Crippen LogP) is 5.86. The van der Waals surface area contributed by atoms with Crippen molar-refractivity contribution in [3.63, 3.8) is 0 Å². The molecule has 3 heterocycles. The number of carbonyl (C=O) groups excluding carboxylic acids is 3. The molecule has 4 rings (SSSR count). The average Bonchev–Trinajstić information content (AvgIpc) is 3.34. The third-order valence-corrected chi connectivity index (χ3v) is 13.3. The number of aromatic nitrogens is 1. The lowest BCUT2D eigenvalue weighted by atomic mass is 9.84. The molecule has 2 saturated heterocycles. The molecule has 3 aliphatic rings. The van der Waals surface area contributed by atoms with Gasteiger partial charge in [-0.3, -0.25) is 15.8 Å². The van der Waals surface area contributed by atoms with Crippen molar-refractivity contribution in [2.24, 2.45) is 10.4 Å². The van der Waals surface area contributed by atoms with Gasteiger partial charge in [0.15, 0.2) is 14.1 Å². The van der Waals surface area contributed by atoms with Crippen LogP contribution in [0.1, 0.15) is 105 Å². The Hall–Kier alpha value is -3.17. The van der Waals surface area contributed by atoms with E-state index in [-0.39, 0.29) is 35.0 Å². The summed E-state index contributed by atoms with van der Waals surface area (Å²) in [7, 11) is -2.41. The van der Waals surface area contributed by atoms with Crippen molar-refractivity contribution < 1.29 is 38.0 Å². The predicted molar refractivity (Wildman–Crippen MR) is 167 cm³/mol. The molecule has 14 nitrogen and oxygen atoms in total. The van der Waals surface area contributed by atoms with E-state index in [1.54, 1.807) is 52.5 Å². The summed E-state index contributed by atoms with van der Waals surface area (Å²) in [5.74, 6) is 0.216. The zero-order valence-corrected chi connectivity index (χ0v) is 29.4. The van der Waals surface area contributed by atoms with Crippen LogP contribution in [0.4, 0.5) is 14.4 Å². The van der Waals surface area contributed by atoms with Gasteiger partial charge in [0.2, 0.25) is 5.96 Å². The summed E-state index contributed by atoms with van der Waals surface area (Å²) < 4.78 is 23.3. The number of alkyl carbamates (subject to hydrolysis) is 2. The minimum absolute atomic E-state index is 0.0498. The molecule has 1 spiro atoms. The van der Waals surface area contributed by atoms with Gasteiger partial charge in [0.05, 0.1) is 18.6 Å². The first-order chi connectivity index (χ1) is 20.5. The molecule has 1 aromatic rings. The molecule has 0 radical (unpaired) electrons. The van der Waals surface area contributed by atoms with E-state index < -0.39 is 43.8 Å². The summed E-state index contributed by atoms with van der Waals surface area (Å²) in [5.41, 5.74) is -1.11. The van der Waals surface area contributed by atoms with Gasteiger partial charge in [-0.15, -0.1) is 0 Å². The summed E-state index contributed by atoms with van der Waals surface area (Å²) in [4.78, 5) is 44.3. The smallest absolute Gasteiger partial charge is 0.414 e. The number of amides is 4. The van der Waals surface area contributed by atoms with E-state index in [1.165, 1.54) is 0 Å². The van der Waals surface area contributed by atoms with E-state index in [0.29, 0.717) is 24.4 Å². The number of piperidine rings is 1. The van der Waals surface area contributed by atoms with Crippen LogP contribution in [0.15, 0.2) is 15.6 Å². The number of nitrogens with zero attached hydrogens (tertiary/aromatic N) is 4. The minimum Gasteiger partial charge on any atom is -0.444 e. The zero-order valence-electron chi connectivity index (χ0n) is 28.4. The zero-order chi connectivity index (χ0) is 33.8. The van der Waals surface area contributed by atoms with Gasteiger partial charge in [0.1, 0.15) is 23.0 Å². The molecule has 3 atom stereocenters. The summed E-state index contributed by atoms with van der Waals surface area (Å²) >= 11 is 0. The van der Waals surface area contributed by atoms with Crippen molar-refractivity contribution in [1.82, 2.24) is 25.8 Å². The molecule has 4 amide bonds. The van der Waals surface area contributed by atoms with Gasteiger partial charge in [0, 0.05) is 12.6 Å². The minimum atomic E-state index is -2.41. The molecule has 2 aliphatic heterocycles. The molecule has 0 unspecified atom stereocenters. The fraction of sp³-hybridized carbons (Fsp3) is 0.767. The van der Waals surface area contributed by atoms with Crippen molar-refractivity contribution >= 4 is 32.5 Å². The van der Waals surface area contributed by atoms with Crippen LogP contribution >= 0.6 is 0 Å². The summed E-state index contributed by atoms with van der Waals surface area (Å²) in [6, 6.07) is 0.804. The van der Waals surface area contributed by atoms with Crippen LogP contribution in [0, 0.1) is 5.41 Å². The first-order valence-electron chi connectivity index (χ1n) is 15.5. The van der Waals surface area contributed by atoms with Crippen molar-refractivity contribution in [2.75, 3.05) is 13.1 Å². The quantitative estimate of drug-likeness (QED) is 0.148. The summed E-state index contributed by atoms with van der Waals surface area (Å²) in [5, 5.41) is 20.6. The molecule has 1 saturated carbocycles. The topological polar surface area (TPSA) is 168 Å². The number of guanidine groups is 1. The number of rotatable bonds is 6. The van der Waals surface area contributed by atoms with Crippen molar-refractivity contribution in [1.29, 1.82) is 0 Å². The number of carbonyl (C=O) groups is 3. The SMILES string of the molecule is CC(C)(C)OC(=O)NC(=NC[C@@H](O[Si](C)(C)C(C)(C)C)c1cc([C@@H]2CC3(CC3)[C@H]3CN2C(=O)N3O)no1)NC(=O)OC(C)(C)C. The van der Waals surface area contributed by atoms with E-state index in [4.69, 9.17) is 18.4 Å². The molecular formula is C30H50N6O8Si.